The van der Waals surface area contributed by atoms with E-state index in [2.05, 4.69) is 12.1 Å². The van der Waals surface area contributed by atoms with E-state index in [0.717, 1.165) is 17.3 Å². The number of nitrogens with zero attached hydrogens (tertiary/aromatic N) is 1. The van der Waals surface area contributed by atoms with Gasteiger partial charge in [-0.3, -0.25) is 0 Å². The summed E-state index contributed by atoms with van der Waals surface area (Å²) in [6.07, 6.45) is 0. The molecule has 88 valence electrons. The first-order valence-corrected chi connectivity index (χ1v) is 6.22. The van der Waals surface area contributed by atoms with E-state index < -0.39 is 0 Å². The van der Waals surface area contributed by atoms with Crippen molar-refractivity contribution in [3.8, 4) is 5.75 Å². The van der Waals surface area contributed by atoms with Crippen LogP contribution in [0.2, 0.25) is 0 Å². The van der Waals surface area contributed by atoms with Gasteiger partial charge >= 0.3 is 0 Å². The van der Waals surface area contributed by atoms with E-state index in [1.54, 1.807) is 12.1 Å². The van der Waals surface area contributed by atoms with Gasteiger partial charge in [-0.2, -0.15) is 11.8 Å². The molecule has 0 amide bonds. The Hall–Kier alpha value is -1.36. The van der Waals surface area contributed by atoms with Crippen molar-refractivity contribution in [1.29, 1.82) is 0 Å². The number of nitrogens with two attached hydrogens (primary N) is 1. The van der Waals surface area contributed by atoms with E-state index in [0.29, 0.717) is 12.2 Å². The van der Waals surface area contributed by atoms with E-state index in [9.17, 15) is 0 Å². The third-order valence-electron chi connectivity index (χ3n) is 1.96. The van der Waals surface area contributed by atoms with Gasteiger partial charge in [0.25, 0.3) is 0 Å². The van der Waals surface area contributed by atoms with Crippen molar-refractivity contribution in [3.63, 3.8) is 0 Å². The van der Waals surface area contributed by atoms with Crippen molar-refractivity contribution < 1.29 is 9.94 Å². The molecule has 0 spiro atoms. The van der Waals surface area contributed by atoms with Crippen LogP contribution in [-0.2, 0) is 0 Å². The summed E-state index contributed by atoms with van der Waals surface area (Å²) in [5.74, 6) is 2.99. The molecule has 0 saturated heterocycles. The number of oxime groups is 1. The maximum Gasteiger partial charge on any atom is 0.170 e. The van der Waals surface area contributed by atoms with Crippen molar-refractivity contribution in [2.75, 3.05) is 18.1 Å². The molecule has 1 aromatic carbocycles. The van der Waals surface area contributed by atoms with Gasteiger partial charge in [0.15, 0.2) is 5.84 Å². The predicted molar refractivity (Wildman–Crippen MR) is 67.4 cm³/mol. The van der Waals surface area contributed by atoms with Crippen LogP contribution in [0.5, 0.6) is 5.75 Å². The van der Waals surface area contributed by atoms with E-state index in [1.807, 2.05) is 23.9 Å². The highest BCUT2D eigenvalue weighted by atomic mass is 32.2. The molecule has 0 unspecified atom stereocenters. The molecule has 0 fully saturated rings. The molecule has 16 heavy (non-hydrogen) atoms. The van der Waals surface area contributed by atoms with E-state index >= 15 is 0 Å². The zero-order valence-electron chi connectivity index (χ0n) is 9.22. The average molecular weight is 240 g/mol. The van der Waals surface area contributed by atoms with Crippen LogP contribution >= 0.6 is 11.8 Å². The zero-order valence-corrected chi connectivity index (χ0v) is 10.0. The highest BCUT2D eigenvalue weighted by Crippen LogP contribution is 2.12. The normalized spacial score (nSPS) is 11.4. The van der Waals surface area contributed by atoms with Crippen LogP contribution in [0.1, 0.15) is 12.5 Å². The van der Waals surface area contributed by atoms with Crippen LogP contribution in [-0.4, -0.2) is 29.2 Å². The minimum atomic E-state index is 0.105. The maximum absolute atomic E-state index is 8.49. The van der Waals surface area contributed by atoms with Crippen LogP contribution in [0.25, 0.3) is 0 Å². The monoisotopic (exact) mass is 240 g/mol. The second-order valence-corrected chi connectivity index (χ2v) is 4.45. The highest BCUT2D eigenvalue weighted by Gasteiger charge is 1.99. The van der Waals surface area contributed by atoms with Gasteiger partial charge in [0.05, 0.1) is 6.61 Å². The molecule has 1 rings (SSSR count). The molecule has 0 aliphatic carbocycles. The quantitative estimate of drug-likeness (QED) is 0.262. The van der Waals surface area contributed by atoms with E-state index in [-0.39, 0.29) is 5.84 Å². The van der Waals surface area contributed by atoms with Gasteiger partial charge in [-0.05, 0) is 30.0 Å². The number of hydrogen-bond donors (Lipinski definition) is 2. The summed E-state index contributed by atoms with van der Waals surface area (Å²) in [5.41, 5.74) is 6.12. The summed E-state index contributed by atoms with van der Waals surface area (Å²) in [4.78, 5) is 0. The van der Waals surface area contributed by atoms with Crippen LogP contribution in [0.15, 0.2) is 29.4 Å². The maximum atomic E-state index is 8.49. The lowest BCUT2D eigenvalue weighted by molar-refractivity contribution is 0.318. The fourth-order valence-corrected chi connectivity index (χ4v) is 1.63. The van der Waals surface area contributed by atoms with Crippen LogP contribution in [0.3, 0.4) is 0 Å². The molecule has 0 heterocycles. The summed E-state index contributed by atoms with van der Waals surface area (Å²) in [5, 5.41) is 11.4. The molecule has 0 aromatic heterocycles. The molecule has 4 nitrogen and oxygen atoms in total. The molecule has 0 aliphatic rings. The topological polar surface area (TPSA) is 67.8 Å². The van der Waals surface area contributed by atoms with Gasteiger partial charge in [-0.25, -0.2) is 0 Å². The van der Waals surface area contributed by atoms with E-state index in [4.69, 9.17) is 15.7 Å². The van der Waals surface area contributed by atoms with Gasteiger partial charge in [-0.1, -0.05) is 12.1 Å². The molecular formula is C11H16N2O2S. The summed E-state index contributed by atoms with van der Waals surface area (Å²) in [6.45, 7) is 2.82. The molecule has 5 heteroatoms. The average Bonchev–Trinajstić information content (AvgIpc) is 2.34. The second kappa shape index (κ2) is 7.00. The van der Waals surface area contributed by atoms with Crippen LogP contribution in [0.4, 0.5) is 0 Å². The molecule has 0 bridgehead atoms. The lowest BCUT2D eigenvalue weighted by Crippen LogP contribution is -2.12. The number of thioether (sulfide) groups is 1. The fraction of sp³-hybridized carbons (Fsp3) is 0.364. The molecule has 0 atom stereocenters. The number of amidine groups is 1. The first kappa shape index (κ1) is 12.7. The first-order valence-electron chi connectivity index (χ1n) is 5.06. The van der Waals surface area contributed by atoms with Crippen molar-refractivity contribution in [2.24, 2.45) is 10.9 Å². The number of hydrogen-bond acceptors (Lipinski definition) is 4. The Kier molecular flexibility index (Phi) is 5.56. The fourth-order valence-electron chi connectivity index (χ4n) is 1.14. The smallest absolute Gasteiger partial charge is 0.170 e. The highest BCUT2D eigenvalue weighted by molar-refractivity contribution is 7.99. The van der Waals surface area contributed by atoms with Crippen LogP contribution < -0.4 is 10.5 Å². The minimum Gasteiger partial charge on any atom is -0.493 e. The van der Waals surface area contributed by atoms with Crippen molar-refractivity contribution >= 4 is 17.6 Å². The molecule has 0 radical (unpaired) electrons. The summed E-state index contributed by atoms with van der Waals surface area (Å²) >= 11 is 1.84. The molecule has 0 saturated carbocycles. The van der Waals surface area contributed by atoms with Gasteiger partial charge in [0, 0.05) is 11.3 Å². The van der Waals surface area contributed by atoms with Gasteiger partial charge in [0.1, 0.15) is 5.75 Å². The number of rotatable bonds is 6. The zero-order chi connectivity index (χ0) is 11.8. The Bertz CT molecular complexity index is 338. The summed E-state index contributed by atoms with van der Waals surface area (Å²) < 4.78 is 5.51. The van der Waals surface area contributed by atoms with Gasteiger partial charge in [0.2, 0.25) is 0 Å². The minimum absolute atomic E-state index is 0.105. The molecule has 3 N–H and O–H groups in total. The second-order valence-electron chi connectivity index (χ2n) is 3.06. The van der Waals surface area contributed by atoms with Crippen molar-refractivity contribution in [1.82, 2.24) is 0 Å². The number of benzene rings is 1. The lowest BCUT2D eigenvalue weighted by atomic mass is 10.2. The third kappa shape index (κ3) is 4.02. The first-order chi connectivity index (χ1) is 7.77. The van der Waals surface area contributed by atoms with Crippen molar-refractivity contribution in [2.45, 2.75) is 6.92 Å². The standard InChI is InChI=1S/C11H16N2O2S/c1-2-16-8-7-15-10-5-3-9(4-6-10)11(12)13-14/h3-6,14H,2,7-8H2,1H3,(H2,12,13). The van der Waals surface area contributed by atoms with Gasteiger partial charge in [-0.15, -0.1) is 0 Å². The summed E-state index contributed by atoms with van der Waals surface area (Å²) in [6, 6.07) is 7.14. The Morgan fingerprint density at radius 3 is 2.69 bits per heavy atom. The summed E-state index contributed by atoms with van der Waals surface area (Å²) in [7, 11) is 0. The molecule has 0 aliphatic heterocycles. The largest absolute Gasteiger partial charge is 0.493 e. The Morgan fingerprint density at radius 2 is 2.12 bits per heavy atom. The number of ether oxygens (including phenoxy) is 1. The molecular weight excluding hydrogens is 224 g/mol. The molecule has 1 aromatic rings. The van der Waals surface area contributed by atoms with Gasteiger partial charge < -0.3 is 15.7 Å². The Morgan fingerprint density at radius 1 is 1.44 bits per heavy atom. The Labute approximate surface area is 99.5 Å². The van der Waals surface area contributed by atoms with Crippen molar-refractivity contribution in [3.05, 3.63) is 29.8 Å². The predicted octanol–water partition coefficient (Wildman–Crippen LogP) is 1.91. The van der Waals surface area contributed by atoms with Crippen LogP contribution in [0, 0.1) is 0 Å². The lowest BCUT2D eigenvalue weighted by Gasteiger charge is -2.06. The van der Waals surface area contributed by atoms with E-state index in [1.165, 1.54) is 0 Å². The Balaban J connectivity index is 2.45. The SMILES string of the molecule is CCSCCOc1ccc(/C(N)=N/O)cc1. The third-order valence-corrected chi connectivity index (χ3v) is 2.82.